The van der Waals surface area contributed by atoms with Gasteiger partial charge in [0.1, 0.15) is 6.61 Å². The molecule has 2 rings (SSSR count). The number of azide groups is 1. The van der Waals surface area contributed by atoms with Crippen LogP contribution in [-0.2, 0) is 13.2 Å². The number of aromatic nitrogens is 1. The first-order valence-corrected chi connectivity index (χ1v) is 6.68. The number of hydrogen-bond donors (Lipinski definition) is 0. The number of pyridine rings is 1. The molecule has 1 aromatic heterocycles. The number of rotatable bonds is 7. The van der Waals surface area contributed by atoms with Gasteiger partial charge in [0.05, 0.1) is 0 Å². The SMILES string of the molecule is [N-]=[N+]=NCCCn1cccc(OCc2ccccc2)c1=O. The summed E-state index contributed by atoms with van der Waals surface area (Å²) in [6.45, 7) is 1.23. The van der Waals surface area contributed by atoms with E-state index in [4.69, 9.17) is 10.3 Å². The summed E-state index contributed by atoms with van der Waals surface area (Å²) in [4.78, 5) is 14.9. The van der Waals surface area contributed by atoms with Crippen LogP contribution in [0.4, 0.5) is 0 Å². The zero-order valence-corrected chi connectivity index (χ0v) is 11.6. The van der Waals surface area contributed by atoms with Crippen molar-refractivity contribution in [2.75, 3.05) is 6.54 Å². The second kappa shape index (κ2) is 7.77. The second-order valence-electron chi connectivity index (χ2n) is 4.45. The topological polar surface area (TPSA) is 80.0 Å². The molecule has 2 aromatic rings. The van der Waals surface area contributed by atoms with Crippen LogP contribution in [0.25, 0.3) is 10.4 Å². The minimum Gasteiger partial charge on any atom is -0.483 e. The van der Waals surface area contributed by atoms with Crippen molar-refractivity contribution in [3.05, 3.63) is 75.0 Å². The van der Waals surface area contributed by atoms with E-state index in [9.17, 15) is 4.79 Å². The maximum absolute atomic E-state index is 12.2. The summed E-state index contributed by atoms with van der Waals surface area (Å²) in [6, 6.07) is 13.1. The second-order valence-corrected chi connectivity index (χ2v) is 4.45. The van der Waals surface area contributed by atoms with Crippen molar-refractivity contribution >= 4 is 0 Å². The Morgan fingerprint density at radius 1 is 1.19 bits per heavy atom. The zero-order valence-electron chi connectivity index (χ0n) is 11.6. The molecular formula is C15H16N4O2. The van der Waals surface area contributed by atoms with E-state index in [1.807, 2.05) is 30.3 Å². The third-order valence-corrected chi connectivity index (χ3v) is 2.94. The van der Waals surface area contributed by atoms with Crippen molar-refractivity contribution in [2.24, 2.45) is 5.11 Å². The Labute approximate surface area is 122 Å². The molecule has 21 heavy (non-hydrogen) atoms. The monoisotopic (exact) mass is 284 g/mol. The van der Waals surface area contributed by atoms with E-state index in [2.05, 4.69) is 10.0 Å². The van der Waals surface area contributed by atoms with Gasteiger partial charge < -0.3 is 9.30 Å². The molecule has 0 unspecified atom stereocenters. The van der Waals surface area contributed by atoms with Crippen LogP contribution >= 0.6 is 0 Å². The summed E-state index contributed by atoms with van der Waals surface area (Å²) < 4.78 is 7.14. The standard InChI is InChI=1S/C15H16N4O2/c16-18-17-9-5-11-19-10-4-8-14(15(19)20)21-12-13-6-2-1-3-7-13/h1-4,6-8,10H,5,9,11-12H2. The normalized spacial score (nSPS) is 9.90. The fourth-order valence-corrected chi connectivity index (χ4v) is 1.89. The zero-order chi connectivity index (χ0) is 14.9. The molecule has 0 saturated carbocycles. The largest absolute Gasteiger partial charge is 0.483 e. The summed E-state index contributed by atoms with van der Waals surface area (Å²) in [5.41, 5.74) is 9.05. The molecular weight excluding hydrogens is 268 g/mol. The van der Waals surface area contributed by atoms with Crippen molar-refractivity contribution in [3.8, 4) is 5.75 Å². The van der Waals surface area contributed by atoms with E-state index < -0.39 is 0 Å². The van der Waals surface area contributed by atoms with Crippen LogP contribution in [0.3, 0.4) is 0 Å². The van der Waals surface area contributed by atoms with Gasteiger partial charge in [0, 0.05) is 24.2 Å². The van der Waals surface area contributed by atoms with Crippen molar-refractivity contribution in [1.82, 2.24) is 4.57 Å². The average Bonchev–Trinajstić information content (AvgIpc) is 2.53. The van der Waals surface area contributed by atoms with Crippen molar-refractivity contribution < 1.29 is 4.74 Å². The Morgan fingerprint density at radius 3 is 2.76 bits per heavy atom. The Hall–Kier alpha value is -2.72. The van der Waals surface area contributed by atoms with Gasteiger partial charge in [-0.3, -0.25) is 4.79 Å². The molecule has 0 bridgehead atoms. The summed E-state index contributed by atoms with van der Waals surface area (Å²) in [7, 11) is 0. The quantitative estimate of drug-likeness (QED) is 0.339. The molecule has 0 N–H and O–H groups in total. The van der Waals surface area contributed by atoms with Crippen LogP contribution in [0, 0.1) is 0 Å². The van der Waals surface area contributed by atoms with Crippen molar-refractivity contribution in [1.29, 1.82) is 0 Å². The van der Waals surface area contributed by atoms with Crippen LogP contribution in [0.1, 0.15) is 12.0 Å². The summed E-state index contributed by atoms with van der Waals surface area (Å²) in [6.07, 6.45) is 2.32. The van der Waals surface area contributed by atoms with Gasteiger partial charge in [0.15, 0.2) is 5.75 Å². The number of hydrogen-bond acceptors (Lipinski definition) is 3. The molecule has 0 fully saturated rings. The van der Waals surface area contributed by atoms with E-state index in [0.29, 0.717) is 31.9 Å². The number of aryl methyl sites for hydroxylation is 1. The van der Waals surface area contributed by atoms with Crippen LogP contribution in [0.15, 0.2) is 58.6 Å². The first-order valence-electron chi connectivity index (χ1n) is 6.68. The van der Waals surface area contributed by atoms with Gasteiger partial charge >= 0.3 is 0 Å². The number of ether oxygens (including phenoxy) is 1. The molecule has 6 heteroatoms. The van der Waals surface area contributed by atoms with Gasteiger partial charge in [-0.2, -0.15) is 0 Å². The number of nitrogens with zero attached hydrogens (tertiary/aromatic N) is 4. The van der Waals surface area contributed by atoms with E-state index in [1.54, 1.807) is 22.9 Å². The molecule has 0 aliphatic carbocycles. The van der Waals surface area contributed by atoms with Crippen molar-refractivity contribution in [2.45, 2.75) is 19.6 Å². The Balaban J connectivity index is 2.00. The van der Waals surface area contributed by atoms with E-state index in [-0.39, 0.29) is 5.56 Å². The maximum atomic E-state index is 12.2. The highest BCUT2D eigenvalue weighted by molar-refractivity contribution is 5.19. The highest BCUT2D eigenvalue weighted by Crippen LogP contribution is 2.07. The van der Waals surface area contributed by atoms with Crippen LogP contribution in [0.2, 0.25) is 0 Å². The molecule has 1 heterocycles. The molecule has 0 amide bonds. The van der Waals surface area contributed by atoms with Gasteiger partial charge in [-0.1, -0.05) is 35.4 Å². The predicted octanol–water partition coefficient (Wildman–Crippen LogP) is 3.13. The maximum Gasteiger partial charge on any atom is 0.292 e. The van der Waals surface area contributed by atoms with Gasteiger partial charge in [-0.05, 0) is 29.6 Å². The van der Waals surface area contributed by atoms with E-state index in [1.165, 1.54) is 0 Å². The molecule has 0 atom stereocenters. The lowest BCUT2D eigenvalue weighted by Crippen LogP contribution is -2.21. The molecule has 6 nitrogen and oxygen atoms in total. The molecule has 0 saturated heterocycles. The van der Waals surface area contributed by atoms with Crippen LogP contribution < -0.4 is 10.3 Å². The highest BCUT2D eigenvalue weighted by Gasteiger charge is 2.04. The molecule has 0 aliphatic heterocycles. The molecule has 1 aromatic carbocycles. The Morgan fingerprint density at radius 2 is 2.00 bits per heavy atom. The lowest BCUT2D eigenvalue weighted by Gasteiger charge is -2.09. The Kier molecular flexibility index (Phi) is 5.43. The third kappa shape index (κ3) is 4.40. The van der Waals surface area contributed by atoms with Gasteiger partial charge in [0.25, 0.3) is 5.56 Å². The van der Waals surface area contributed by atoms with Crippen LogP contribution in [-0.4, -0.2) is 11.1 Å². The first kappa shape index (κ1) is 14.7. The number of benzene rings is 1. The minimum atomic E-state index is -0.172. The van der Waals surface area contributed by atoms with Gasteiger partial charge in [0.2, 0.25) is 0 Å². The fraction of sp³-hybridized carbons (Fsp3) is 0.267. The molecule has 0 spiro atoms. The lowest BCUT2D eigenvalue weighted by molar-refractivity contribution is 0.299. The Bertz CT molecular complexity index is 676. The lowest BCUT2D eigenvalue weighted by atomic mass is 10.2. The minimum absolute atomic E-state index is 0.172. The predicted molar refractivity (Wildman–Crippen MR) is 80.1 cm³/mol. The first-order chi connectivity index (χ1) is 10.3. The smallest absolute Gasteiger partial charge is 0.292 e. The fourth-order valence-electron chi connectivity index (χ4n) is 1.89. The molecule has 0 radical (unpaired) electrons. The molecule has 0 aliphatic rings. The summed E-state index contributed by atoms with van der Waals surface area (Å²) in [5.74, 6) is 0.324. The van der Waals surface area contributed by atoms with E-state index >= 15 is 0 Å². The van der Waals surface area contributed by atoms with E-state index in [0.717, 1.165) is 5.56 Å². The molecule has 108 valence electrons. The average molecular weight is 284 g/mol. The van der Waals surface area contributed by atoms with Gasteiger partial charge in [-0.25, -0.2) is 0 Å². The third-order valence-electron chi connectivity index (χ3n) is 2.94. The van der Waals surface area contributed by atoms with Gasteiger partial charge in [-0.15, -0.1) is 0 Å². The van der Waals surface area contributed by atoms with Crippen molar-refractivity contribution in [3.63, 3.8) is 0 Å². The summed E-state index contributed by atoms with van der Waals surface area (Å²) in [5, 5.41) is 3.45. The summed E-state index contributed by atoms with van der Waals surface area (Å²) >= 11 is 0. The van der Waals surface area contributed by atoms with Crippen LogP contribution in [0.5, 0.6) is 5.75 Å². The highest BCUT2D eigenvalue weighted by atomic mass is 16.5.